The lowest BCUT2D eigenvalue weighted by Gasteiger charge is -2.18. The summed E-state index contributed by atoms with van der Waals surface area (Å²) in [5.41, 5.74) is 0.670. The number of rotatable bonds is 7. The molecule has 2 rings (SSSR count). The summed E-state index contributed by atoms with van der Waals surface area (Å²) >= 11 is 7.49. The van der Waals surface area contributed by atoms with Crippen molar-refractivity contribution in [1.29, 1.82) is 0 Å². The fraction of sp³-hybridized carbons (Fsp3) is 0.375. The molecule has 0 amide bonds. The van der Waals surface area contributed by atoms with E-state index < -0.39 is 11.6 Å². The van der Waals surface area contributed by atoms with E-state index in [1.807, 2.05) is 12.1 Å². The van der Waals surface area contributed by atoms with Gasteiger partial charge in [0.25, 0.3) is 0 Å². The highest BCUT2D eigenvalue weighted by atomic mass is 35.5. The molecular weight excluding hydrogens is 312 g/mol. The average molecular weight is 330 g/mol. The first-order valence-corrected chi connectivity index (χ1v) is 8.19. The second-order valence-corrected chi connectivity index (χ2v) is 6.84. The lowest BCUT2D eigenvalue weighted by Crippen LogP contribution is -2.33. The van der Waals surface area contributed by atoms with Crippen molar-refractivity contribution >= 4 is 22.9 Å². The van der Waals surface area contributed by atoms with Gasteiger partial charge < -0.3 is 5.32 Å². The summed E-state index contributed by atoms with van der Waals surface area (Å²) in [5, 5.41) is 3.43. The van der Waals surface area contributed by atoms with E-state index in [1.165, 1.54) is 17.0 Å². The highest BCUT2D eigenvalue weighted by Crippen LogP contribution is 2.23. The van der Waals surface area contributed by atoms with Crippen LogP contribution in [0.4, 0.5) is 8.78 Å². The fourth-order valence-corrected chi connectivity index (χ4v) is 3.45. The maximum atomic E-state index is 13.3. The van der Waals surface area contributed by atoms with Crippen LogP contribution in [0.2, 0.25) is 4.34 Å². The first-order chi connectivity index (χ1) is 10.1. The SMILES string of the molecule is CCCNC(Cc1cc(F)cc(F)c1)Cc1ccc(Cl)s1. The van der Waals surface area contributed by atoms with Crippen molar-refractivity contribution in [3.05, 3.63) is 56.7 Å². The number of hydrogen-bond acceptors (Lipinski definition) is 2. The van der Waals surface area contributed by atoms with Gasteiger partial charge in [0.05, 0.1) is 4.34 Å². The maximum absolute atomic E-state index is 13.3. The predicted molar refractivity (Wildman–Crippen MR) is 85.2 cm³/mol. The van der Waals surface area contributed by atoms with Gasteiger partial charge in [-0.15, -0.1) is 11.3 Å². The van der Waals surface area contributed by atoms with Crippen molar-refractivity contribution in [2.45, 2.75) is 32.2 Å². The molecule has 0 aliphatic heterocycles. The second-order valence-electron chi connectivity index (χ2n) is 5.04. The van der Waals surface area contributed by atoms with E-state index >= 15 is 0 Å². The topological polar surface area (TPSA) is 12.0 Å². The van der Waals surface area contributed by atoms with Crippen molar-refractivity contribution in [3.63, 3.8) is 0 Å². The van der Waals surface area contributed by atoms with E-state index in [2.05, 4.69) is 12.2 Å². The molecule has 1 aromatic heterocycles. The molecule has 0 spiro atoms. The molecule has 0 aliphatic rings. The van der Waals surface area contributed by atoms with Crippen LogP contribution in [0.15, 0.2) is 30.3 Å². The molecule has 2 aromatic rings. The Hall–Kier alpha value is -0.970. The Morgan fingerprint density at radius 1 is 1.14 bits per heavy atom. The van der Waals surface area contributed by atoms with Crippen LogP contribution in [0.3, 0.4) is 0 Å². The van der Waals surface area contributed by atoms with Gasteiger partial charge in [0.2, 0.25) is 0 Å². The third-order valence-corrected chi connectivity index (χ3v) is 4.42. The van der Waals surface area contributed by atoms with Crippen LogP contribution in [0.25, 0.3) is 0 Å². The summed E-state index contributed by atoms with van der Waals surface area (Å²) < 4.78 is 27.3. The summed E-state index contributed by atoms with van der Waals surface area (Å²) in [4.78, 5) is 1.17. The van der Waals surface area contributed by atoms with E-state index in [0.717, 1.165) is 29.8 Å². The van der Waals surface area contributed by atoms with Crippen molar-refractivity contribution in [2.24, 2.45) is 0 Å². The third-order valence-electron chi connectivity index (χ3n) is 3.16. The summed E-state index contributed by atoms with van der Waals surface area (Å²) in [7, 11) is 0. The van der Waals surface area contributed by atoms with E-state index in [9.17, 15) is 8.78 Å². The predicted octanol–water partition coefficient (Wildman–Crippen LogP) is 4.83. The smallest absolute Gasteiger partial charge is 0.126 e. The summed E-state index contributed by atoms with van der Waals surface area (Å²) in [6.07, 6.45) is 2.40. The van der Waals surface area contributed by atoms with Crippen molar-refractivity contribution in [2.75, 3.05) is 6.54 Å². The van der Waals surface area contributed by atoms with Gasteiger partial charge >= 0.3 is 0 Å². The summed E-state index contributed by atoms with van der Waals surface area (Å²) in [5.74, 6) is -1.06. The van der Waals surface area contributed by atoms with E-state index in [0.29, 0.717) is 12.0 Å². The van der Waals surface area contributed by atoms with Gasteiger partial charge in [-0.1, -0.05) is 18.5 Å². The van der Waals surface area contributed by atoms with Crippen molar-refractivity contribution in [1.82, 2.24) is 5.32 Å². The van der Waals surface area contributed by atoms with Crippen molar-refractivity contribution < 1.29 is 8.78 Å². The van der Waals surface area contributed by atoms with Crippen LogP contribution in [0.1, 0.15) is 23.8 Å². The molecule has 0 fully saturated rings. The lowest BCUT2D eigenvalue weighted by molar-refractivity contribution is 0.503. The van der Waals surface area contributed by atoms with E-state index in [-0.39, 0.29) is 6.04 Å². The minimum atomic E-state index is -0.529. The Morgan fingerprint density at radius 2 is 1.86 bits per heavy atom. The molecule has 114 valence electrons. The first-order valence-electron chi connectivity index (χ1n) is 6.99. The molecule has 0 saturated carbocycles. The second kappa shape index (κ2) is 7.87. The molecule has 21 heavy (non-hydrogen) atoms. The lowest BCUT2D eigenvalue weighted by atomic mass is 10.0. The van der Waals surface area contributed by atoms with Crippen LogP contribution in [-0.2, 0) is 12.8 Å². The number of halogens is 3. The quantitative estimate of drug-likeness (QED) is 0.767. The van der Waals surface area contributed by atoms with Crippen LogP contribution in [-0.4, -0.2) is 12.6 Å². The number of thiophene rings is 1. The third kappa shape index (κ3) is 5.38. The molecular formula is C16H18ClF2NS. The molecule has 1 aromatic carbocycles. The Bertz CT molecular complexity index is 565. The fourth-order valence-electron chi connectivity index (χ4n) is 2.28. The van der Waals surface area contributed by atoms with Gasteiger partial charge in [0.1, 0.15) is 11.6 Å². The molecule has 1 N–H and O–H groups in total. The van der Waals surface area contributed by atoms with Crippen molar-refractivity contribution in [3.8, 4) is 0 Å². The van der Waals surface area contributed by atoms with Gasteiger partial charge in [-0.25, -0.2) is 8.78 Å². The zero-order valence-electron chi connectivity index (χ0n) is 11.8. The monoisotopic (exact) mass is 329 g/mol. The molecule has 0 bridgehead atoms. The van der Waals surface area contributed by atoms with E-state index in [1.54, 1.807) is 11.3 Å². The van der Waals surface area contributed by atoms with Gasteiger partial charge in [-0.05, 0) is 55.6 Å². The van der Waals surface area contributed by atoms with Gasteiger partial charge in [0, 0.05) is 17.0 Å². The number of benzene rings is 1. The zero-order chi connectivity index (χ0) is 15.2. The minimum absolute atomic E-state index is 0.140. The number of nitrogens with one attached hydrogen (secondary N) is 1. The molecule has 1 unspecified atom stereocenters. The highest BCUT2D eigenvalue weighted by molar-refractivity contribution is 7.16. The largest absolute Gasteiger partial charge is 0.313 e. The van der Waals surface area contributed by atoms with Gasteiger partial charge in [-0.3, -0.25) is 0 Å². The molecule has 1 heterocycles. The van der Waals surface area contributed by atoms with Crippen LogP contribution in [0, 0.1) is 11.6 Å². The molecule has 0 aliphatic carbocycles. The Balaban J connectivity index is 2.07. The minimum Gasteiger partial charge on any atom is -0.313 e. The normalized spacial score (nSPS) is 12.6. The van der Waals surface area contributed by atoms with Gasteiger partial charge in [0.15, 0.2) is 0 Å². The molecule has 0 saturated heterocycles. The average Bonchev–Trinajstić information content (AvgIpc) is 2.80. The molecule has 5 heteroatoms. The Morgan fingerprint density at radius 3 is 2.43 bits per heavy atom. The van der Waals surface area contributed by atoms with E-state index in [4.69, 9.17) is 11.6 Å². The summed E-state index contributed by atoms with van der Waals surface area (Å²) in [6.45, 7) is 2.97. The van der Waals surface area contributed by atoms with Crippen LogP contribution in [0.5, 0.6) is 0 Å². The van der Waals surface area contributed by atoms with Crippen LogP contribution < -0.4 is 5.32 Å². The first kappa shape index (κ1) is 16.4. The highest BCUT2D eigenvalue weighted by Gasteiger charge is 2.13. The molecule has 0 radical (unpaired) electrons. The molecule has 1 atom stereocenters. The zero-order valence-corrected chi connectivity index (χ0v) is 13.4. The Kier molecular flexibility index (Phi) is 6.15. The Labute approximate surface area is 133 Å². The van der Waals surface area contributed by atoms with Gasteiger partial charge in [-0.2, -0.15) is 0 Å². The molecule has 1 nitrogen and oxygen atoms in total. The maximum Gasteiger partial charge on any atom is 0.126 e. The number of hydrogen-bond donors (Lipinski definition) is 1. The standard InChI is InChI=1S/C16H18ClF2NS/c1-2-5-20-14(10-15-3-4-16(17)21-15)8-11-6-12(18)9-13(19)7-11/h3-4,6-7,9,14,20H,2,5,8,10H2,1H3. The summed E-state index contributed by atoms with van der Waals surface area (Å²) in [6, 6.07) is 7.70. The van der Waals surface area contributed by atoms with Crippen LogP contribution >= 0.6 is 22.9 Å².